The lowest BCUT2D eigenvalue weighted by Crippen LogP contribution is -2.61. The van der Waals surface area contributed by atoms with Crippen LogP contribution in [0.5, 0.6) is 0 Å². The van der Waals surface area contributed by atoms with Gasteiger partial charge in [-0.2, -0.15) is 0 Å². The molecule has 222 valence electrons. The SMILES string of the molecule is O=C(O)CCC(=O)N[C@@H](CNC(=O)C1(NC(=O)OC2C3CC4CC(C3)CC2C4)Cc2ccccc2C1)c1ccccc1. The average Bonchev–Trinajstić information content (AvgIpc) is 3.35. The van der Waals surface area contributed by atoms with Crippen LogP contribution in [-0.2, 0) is 32.0 Å². The van der Waals surface area contributed by atoms with Crippen molar-refractivity contribution in [3.05, 3.63) is 71.3 Å². The summed E-state index contributed by atoms with van der Waals surface area (Å²) in [6.07, 6.45) is 5.42. The summed E-state index contributed by atoms with van der Waals surface area (Å²) in [4.78, 5) is 50.9. The summed E-state index contributed by atoms with van der Waals surface area (Å²) < 4.78 is 6.12. The Hall–Kier alpha value is -3.88. The third kappa shape index (κ3) is 6.01. The molecule has 4 bridgehead atoms. The maximum atomic E-state index is 14.0. The van der Waals surface area contributed by atoms with E-state index < -0.39 is 29.6 Å². The average molecular weight is 574 g/mol. The second-order valence-electron chi connectivity index (χ2n) is 12.8. The van der Waals surface area contributed by atoms with Gasteiger partial charge in [-0.3, -0.25) is 14.4 Å². The molecule has 2 aromatic rings. The van der Waals surface area contributed by atoms with Gasteiger partial charge in [0.2, 0.25) is 11.8 Å². The summed E-state index contributed by atoms with van der Waals surface area (Å²) >= 11 is 0. The predicted molar refractivity (Wildman–Crippen MR) is 154 cm³/mol. The van der Waals surface area contributed by atoms with Crippen molar-refractivity contribution in [3.8, 4) is 0 Å². The zero-order chi connectivity index (χ0) is 29.3. The monoisotopic (exact) mass is 573 g/mol. The molecule has 5 aliphatic rings. The molecule has 1 atom stereocenters. The number of nitrogens with one attached hydrogen (secondary N) is 3. The normalized spacial score (nSPS) is 27.0. The molecule has 4 N–H and O–H groups in total. The number of hydrogen-bond donors (Lipinski definition) is 4. The third-order valence-corrected chi connectivity index (χ3v) is 9.83. The lowest BCUT2D eigenvalue weighted by molar-refractivity contribution is -0.138. The van der Waals surface area contributed by atoms with Crippen molar-refractivity contribution >= 4 is 23.9 Å². The van der Waals surface area contributed by atoms with Gasteiger partial charge < -0.3 is 25.8 Å². The molecule has 0 radical (unpaired) electrons. The predicted octanol–water partition coefficient (Wildman–Crippen LogP) is 3.91. The number of rotatable bonds is 10. The van der Waals surface area contributed by atoms with E-state index >= 15 is 0 Å². The zero-order valence-electron chi connectivity index (χ0n) is 23.7. The van der Waals surface area contributed by atoms with Crippen LogP contribution in [0.25, 0.3) is 0 Å². The fourth-order valence-corrected chi connectivity index (χ4v) is 8.13. The van der Waals surface area contributed by atoms with Crippen molar-refractivity contribution in [2.24, 2.45) is 23.7 Å². The summed E-state index contributed by atoms with van der Waals surface area (Å²) in [5, 5.41) is 17.8. The number of ether oxygens (including phenoxy) is 1. The Morgan fingerprint density at radius 1 is 0.833 bits per heavy atom. The fourth-order valence-electron chi connectivity index (χ4n) is 8.13. The first-order valence-electron chi connectivity index (χ1n) is 15.2. The van der Waals surface area contributed by atoms with E-state index in [-0.39, 0.29) is 31.4 Å². The maximum absolute atomic E-state index is 14.0. The number of carboxylic acid groups (broad SMARTS) is 1. The van der Waals surface area contributed by atoms with Crippen molar-refractivity contribution in [3.63, 3.8) is 0 Å². The lowest BCUT2D eigenvalue weighted by Gasteiger charge is -2.53. The molecule has 0 saturated heterocycles. The Morgan fingerprint density at radius 3 is 2.02 bits per heavy atom. The van der Waals surface area contributed by atoms with Crippen LogP contribution >= 0.6 is 0 Å². The van der Waals surface area contributed by atoms with Gasteiger partial charge in [0.05, 0.1) is 12.5 Å². The van der Waals surface area contributed by atoms with E-state index in [1.807, 2.05) is 54.6 Å². The van der Waals surface area contributed by atoms with Crippen LogP contribution in [-0.4, -0.2) is 47.2 Å². The van der Waals surface area contributed by atoms with Gasteiger partial charge in [0, 0.05) is 25.8 Å². The largest absolute Gasteiger partial charge is 0.481 e. The quantitative estimate of drug-likeness (QED) is 0.341. The Bertz CT molecular complexity index is 1290. The molecular weight excluding hydrogens is 534 g/mol. The molecule has 4 fully saturated rings. The minimum atomic E-state index is -1.22. The number of amides is 3. The Morgan fingerprint density at radius 2 is 1.43 bits per heavy atom. The summed E-state index contributed by atoms with van der Waals surface area (Å²) in [5.74, 6) is 0.535. The van der Waals surface area contributed by atoms with Crippen molar-refractivity contribution in [1.29, 1.82) is 0 Å². The summed E-state index contributed by atoms with van der Waals surface area (Å²) in [7, 11) is 0. The van der Waals surface area contributed by atoms with Crippen molar-refractivity contribution in [1.82, 2.24) is 16.0 Å². The van der Waals surface area contributed by atoms with Gasteiger partial charge in [0.25, 0.3) is 0 Å². The topological polar surface area (TPSA) is 134 Å². The minimum Gasteiger partial charge on any atom is -0.481 e. The Kier molecular flexibility index (Phi) is 7.92. The number of carbonyl (C=O) groups is 4. The van der Waals surface area contributed by atoms with E-state index in [2.05, 4.69) is 16.0 Å². The van der Waals surface area contributed by atoms with E-state index in [0.717, 1.165) is 54.2 Å². The number of benzene rings is 2. The molecular formula is C33H39N3O6. The first-order valence-corrected chi connectivity index (χ1v) is 15.2. The highest BCUT2D eigenvalue weighted by atomic mass is 16.6. The number of aliphatic carboxylic acids is 1. The van der Waals surface area contributed by atoms with E-state index in [1.165, 1.54) is 6.42 Å². The van der Waals surface area contributed by atoms with Gasteiger partial charge in [-0.1, -0.05) is 54.6 Å². The number of carbonyl (C=O) groups excluding carboxylic acids is 3. The molecule has 7 rings (SSSR count). The molecule has 0 spiro atoms. The highest BCUT2D eigenvalue weighted by Crippen LogP contribution is 2.54. The molecule has 0 aromatic heterocycles. The number of carboxylic acids is 1. The maximum Gasteiger partial charge on any atom is 0.408 e. The van der Waals surface area contributed by atoms with Gasteiger partial charge in [0.1, 0.15) is 11.6 Å². The van der Waals surface area contributed by atoms with E-state index in [0.29, 0.717) is 24.7 Å². The summed E-state index contributed by atoms with van der Waals surface area (Å²) in [6, 6.07) is 16.5. The Labute approximate surface area is 245 Å². The van der Waals surface area contributed by atoms with E-state index in [1.54, 1.807) is 0 Å². The van der Waals surface area contributed by atoms with Crippen LogP contribution in [0.15, 0.2) is 54.6 Å². The standard InChI is InChI=1S/C33H39N3O6/c37-28(10-11-29(38)39)35-27(22-6-2-1-3-7-22)19-34-31(40)33(17-23-8-4-5-9-24(23)18-33)36-32(41)42-30-25-13-20-12-21(15-25)16-26(30)14-20/h1-9,20-21,25-27,30H,10-19H2,(H,34,40)(H,35,37)(H,36,41)(H,38,39)/t20?,21?,25?,26?,27-,30?/m0/s1. The number of hydrogen-bond acceptors (Lipinski definition) is 5. The molecule has 4 saturated carbocycles. The minimum absolute atomic E-state index is 0.0754. The highest BCUT2D eigenvalue weighted by Gasteiger charge is 2.51. The number of fused-ring (bicyclic) bond motifs is 1. The van der Waals surface area contributed by atoms with Crippen molar-refractivity contribution < 1.29 is 29.0 Å². The molecule has 42 heavy (non-hydrogen) atoms. The number of alkyl carbamates (subject to hydrolysis) is 1. The fraction of sp³-hybridized carbons (Fsp3) is 0.515. The van der Waals surface area contributed by atoms with E-state index in [4.69, 9.17) is 9.84 Å². The smallest absolute Gasteiger partial charge is 0.408 e. The van der Waals surface area contributed by atoms with Crippen LogP contribution < -0.4 is 16.0 Å². The molecule has 3 amide bonds. The molecule has 2 aromatic carbocycles. The highest BCUT2D eigenvalue weighted by molar-refractivity contribution is 5.92. The lowest BCUT2D eigenvalue weighted by atomic mass is 9.55. The van der Waals surface area contributed by atoms with Crippen molar-refractivity contribution in [2.75, 3.05) is 6.54 Å². The van der Waals surface area contributed by atoms with Crippen LogP contribution in [0.3, 0.4) is 0 Å². The van der Waals surface area contributed by atoms with Crippen molar-refractivity contribution in [2.45, 2.75) is 75.5 Å². The zero-order valence-corrected chi connectivity index (χ0v) is 23.7. The molecule has 0 unspecified atom stereocenters. The molecule has 9 nitrogen and oxygen atoms in total. The van der Waals surface area contributed by atoms with Crippen LogP contribution in [0.1, 0.15) is 67.7 Å². The van der Waals surface area contributed by atoms with Gasteiger partial charge in [-0.25, -0.2) is 4.79 Å². The van der Waals surface area contributed by atoms with Gasteiger partial charge in [-0.15, -0.1) is 0 Å². The summed E-state index contributed by atoms with van der Waals surface area (Å²) in [5.41, 5.74) is 1.56. The Balaban J connectivity index is 1.16. The van der Waals surface area contributed by atoms with Crippen LogP contribution in [0.2, 0.25) is 0 Å². The first kappa shape index (κ1) is 28.2. The van der Waals surface area contributed by atoms with Crippen LogP contribution in [0.4, 0.5) is 4.79 Å². The molecule has 9 heteroatoms. The molecule has 5 aliphatic carbocycles. The van der Waals surface area contributed by atoms with Gasteiger partial charge in [0.15, 0.2) is 0 Å². The third-order valence-electron chi connectivity index (χ3n) is 9.83. The van der Waals surface area contributed by atoms with Gasteiger partial charge in [-0.05, 0) is 72.5 Å². The molecule has 0 aliphatic heterocycles. The van der Waals surface area contributed by atoms with Gasteiger partial charge >= 0.3 is 12.1 Å². The van der Waals surface area contributed by atoms with Crippen LogP contribution in [0, 0.1) is 23.7 Å². The summed E-state index contributed by atoms with van der Waals surface area (Å²) in [6.45, 7) is 0.0754. The van der Waals surface area contributed by atoms with E-state index in [9.17, 15) is 19.2 Å². The molecule has 0 heterocycles. The first-order chi connectivity index (χ1) is 20.3. The second kappa shape index (κ2) is 11.8. The second-order valence-corrected chi connectivity index (χ2v) is 12.8.